The fraction of sp³-hybridized carbons (Fsp3) is 0.500. The molecule has 0 radical (unpaired) electrons. The molecule has 0 aliphatic carbocycles. The number of rotatable bonds is 5. The molecule has 0 fully saturated rings. The summed E-state index contributed by atoms with van der Waals surface area (Å²) in [5.41, 5.74) is 5.92. The van der Waals surface area contributed by atoms with E-state index in [4.69, 9.17) is 17.3 Å². The van der Waals surface area contributed by atoms with Crippen molar-refractivity contribution < 1.29 is 8.42 Å². The topological polar surface area (TPSA) is 63.4 Å². The molecule has 6 heteroatoms. The van der Waals surface area contributed by atoms with E-state index in [2.05, 4.69) is 0 Å². The summed E-state index contributed by atoms with van der Waals surface area (Å²) in [6.45, 7) is 3.94. The lowest BCUT2D eigenvalue weighted by molar-refractivity contribution is 0.350. The first-order valence-electron chi connectivity index (χ1n) is 5.87. The number of hydrogen-bond acceptors (Lipinski definition) is 3. The first-order valence-corrected chi connectivity index (χ1v) is 7.69. The van der Waals surface area contributed by atoms with E-state index in [-0.39, 0.29) is 16.6 Å². The van der Waals surface area contributed by atoms with E-state index in [1.54, 1.807) is 7.05 Å². The third-order valence-corrected chi connectivity index (χ3v) is 5.35. The predicted molar refractivity (Wildman–Crippen MR) is 75.2 cm³/mol. The molecule has 0 unspecified atom stereocenters. The average Bonchev–Trinajstić information content (AvgIpc) is 2.33. The zero-order valence-electron chi connectivity index (χ0n) is 10.9. The van der Waals surface area contributed by atoms with E-state index in [1.807, 2.05) is 13.8 Å². The molecule has 0 aliphatic rings. The van der Waals surface area contributed by atoms with Crippen molar-refractivity contribution in [2.24, 2.45) is 0 Å². The fourth-order valence-corrected chi connectivity index (χ4v) is 3.50. The Kier molecular flexibility index (Phi) is 5.01. The molecule has 1 aromatic rings. The van der Waals surface area contributed by atoms with Gasteiger partial charge < -0.3 is 5.73 Å². The summed E-state index contributed by atoms with van der Waals surface area (Å²) in [7, 11) is -1.91. The second kappa shape index (κ2) is 5.91. The molecule has 0 heterocycles. The molecule has 0 spiro atoms. The Morgan fingerprint density at radius 1 is 1.33 bits per heavy atom. The van der Waals surface area contributed by atoms with Crippen LogP contribution in [-0.2, 0) is 10.0 Å². The maximum atomic E-state index is 12.4. The number of halogens is 1. The molecule has 2 N–H and O–H groups in total. The normalized spacial score (nSPS) is 12.3. The standard InChI is InChI=1S/C12H19ClN2O2S/c1-4-9(5-2)15(3)18(16,17)10-6-7-11(13)12(14)8-10/h6-9H,4-5,14H2,1-3H3. The van der Waals surface area contributed by atoms with Gasteiger partial charge in [-0.05, 0) is 31.0 Å². The second-order valence-electron chi connectivity index (χ2n) is 4.17. The van der Waals surface area contributed by atoms with Crippen LogP contribution in [0.1, 0.15) is 26.7 Å². The third kappa shape index (κ3) is 2.96. The van der Waals surface area contributed by atoms with Crippen LogP contribution in [0.25, 0.3) is 0 Å². The first-order chi connectivity index (χ1) is 8.34. The van der Waals surface area contributed by atoms with Crippen LogP contribution in [0, 0.1) is 0 Å². The van der Waals surface area contributed by atoms with Crippen LogP contribution < -0.4 is 5.73 Å². The van der Waals surface area contributed by atoms with Crippen molar-refractivity contribution in [2.45, 2.75) is 37.6 Å². The second-order valence-corrected chi connectivity index (χ2v) is 6.58. The molecule has 0 bridgehead atoms. The van der Waals surface area contributed by atoms with Gasteiger partial charge in [-0.25, -0.2) is 8.42 Å². The van der Waals surface area contributed by atoms with Gasteiger partial charge >= 0.3 is 0 Å². The van der Waals surface area contributed by atoms with Crippen molar-refractivity contribution in [2.75, 3.05) is 12.8 Å². The molecule has 0 aromatic heterocycles. The number of nitrogens with zero attached hydrogens (tertiary/aromatic N) is 1. The van der Waals surface area contributed by atoms with Crippen LogP contribution in [0.4, 0.5) is 5.69 Å². The van der Waals surface area contributed by atoms with Gasteiger partial charge in [0, 0.05) is 13.1 Å². The van der Waals surface area contributed by atoms with Gasteiger partial charge in [-0.15, -0.1) is 0 Å². The highest BCUT2D eigenvalue weighted by molar-refractivity contribution is 7.89. The van der Waals surface area contributed by atoms with E-state index in [0.717, 1.165) is 12.8 Å². The van der Waals surface area contributed by atoms with Crippen molar-refractivity contribution in [3.63, 3.8) is 0 Å². The molecule has 1 aromatic carbocycles. The van der Waals surface area contributed by atoms with E-state index in [0.29, 0.717) is 5.02 Å². The average molecular weight is 291 g/mol. The van der Waals surface area contributed by atoms with Gasteiger partial charge in [0.1, 0.15) is 0 Å². The van der Waals surface area contributed by atoms with Gasteiger partial charge in [-0.2, -0.15) is 4.31 Å². The summed E-state index contributed by atoms with van der Waals surface area (Å²) in [4.78, 5) is 0.179. The van der Waals surface area contributed by atoms with Crippen molar-refractivity contribution in [1.82, 2.24) is 4.31 Å². The van der Waals surface area contributed by atoms with Gasteiger partial charge in [-0.1, -0.05) is 25.4 Å². The predicted octanol–water partition coefficient (Wildman–Crippen LogP) is 2.73. The first kappa shape index (κ1) is 15.3. The Labute approximate surface area is 114 Å². The largest absolute Gasteiger partial charge is 0.397 e. The monoisotopic (exact) mass is 290 g/mol. The minimum atomic E-state index is -3.51. The number of nitrogens with two attached hydrogens (primary N) is 1. The Morgan fingerprint density at radius 3 is 2.33 bits per heavy atom. The van der Waals surface area contributed by atoms with Gasteiger partial charge in [0.2, 0.25) is 10.0 Å². The van der Waals surface area contributed by atoms with Crippen LogP contribution in [0.3, 0.4) is 0 Å². The van der Waals surface area contributed by atoms with Crippen LogP contribution in [0.2, 0.25) is 5.02 Å². The molecule has 102 valence electrons. The summed E-state index contributed by atoms with van der Waals surface area (Å²) in [6.07, 6.45) is 1.55. The minimum absolute atomic E-state index is 0.00750. The molecule has 0 aliphatic heterocycles. The number of benzene rings is 1. The molecule has 0 saturated carbocycles. The van der Waals surface area contributed by atoms with E-state index >= 15 is 0 Å². The number of hydrogen-bond donors (Lipinski definition) is 1. The molecule has 1 rings (SSSR count). The van der Waals surface area contributed by atoms with Gasteiger partial charge in [0.15, 0.2) is 0 Å². The lowest BCUT2D eigenvalue weighted by Crippen LogP contribution is -2.36. The quantitative estimate of drug-likeness (QED) is 0.848. The Morgan fingerprint density at radius 2 is 1.89 bits per heavy atom. The molecule has 18 heavy (non-hydrogen) atoms. The molecule has 4 nitrogen and oxygen atoms in total. The van der Waals surface area contributed by atoms with Crippen molar-refractivity contribution in [3.8, 4) is 0 Å². The Hall–Kier alpha value is -0.780. The number of nitrogen functional groups attached to an aromatic ring is 1. The van der Waals surface area contributed by atoms with Gasteiger partial charge in [0.05, 0.1) is 15.6 Å². The summed E-state index contributed by atoms with van der Waals surface area (Å²) in [6, 6.07) is 4.38. The van der Waals surface area contributed by atoms with Crippen molar-refractivity contribution in [1.29, 1.82) is 0 Å². The lowest BCUT2D eigenvalue weighted by Gasteiger charge is -2.25. The molecule has 0 amide bonds. The zero-order valence-corrected chi connectivity index (χ0v) is 12.4. The summed E-state index contributed by atoms with van der Waals surface area (Å²) in [5, 5.41) is 0.360. The maximum Gasteiger partial charge on any atom is 0.243 e. The SMILES string of the molecule is CCC(CC)N(C)S(=O)(=O)c1ccc(Cl)c(N)c1. The third-order valence-electron chi connectivity index (χ3n) is 3.10. The fourth-order valence-electron chi connectivity index (χ4n) is 1.85. The smallest absolute Gasteiger partial charge is 0.243 e. The number of sulfonamides is 1. The van der Waals surface area contributed by atoms with Crippen molar-refractivity contribution in [3.05, 3.63) is 23.2 Å². The Balaban J connectivity index is 3.16. The minimum Gasteiger partial charge on any atom is -0.397 e. The van der Waals surface area contributed by atoms with Crippen LogP contribution >= 0.6 is 11.6 Å². The van der Waals surface area contributed by atoms with Crippen LogP contribution in [0.5, 0.6) is 0 Å². The highest BCUT2D eigenvalue weighted by Crippen LogP contribution is 2.25. The highest BCUT2D eigenvalue weighted by atomic mass is 35.5. The maximum absolute atomic E-state index is 12.4. The van der Waals surface area contributed by atoms with E-state index < -0.39 is 10.0 Å². The van der Waals surface area contributed by atoms with Gasteiger partial charge in [-0.3, -0.25) is 0 Å². The van der Waals surface area contributed by atoms with Crippen LogP contribution in [0.15, 0.2) is 23.1 Å². The molecular formula is C12H19ClN2O2S. The van der Waals surface area contributed by atoms with E-state index in [9.17, 15) is 8.42 Å². The van der Waals surface area contributed by atoms with E-state index in [1.165, 1.54) is 22.5 Å². The summed E-state index contributed by atoms with van der Waals surface area (Å²) in [5.74, 6) is 0. The van der Waals surface area contributed by atoms with Gasteiger partial charge in [0.25, 0.3) is 0 Å². The molecular weight excluding hydrogens is 272 g/mol. The van der Waals surface area contributed by atoms with Crippen molar-refractivity contribution >= 4 is 27.3 Å². The molecule has 0 saturated heterocycles. The summed E-state index contributed by atoms with van der Waals surface area (Å²) < 4.78 is 26.2. The Bertz CT molecular complexity index is 513. The summed E-state index contributed by atoms with van der Waals surface area (Å²) >= 11 is 5.79. The van der Waals surface area contributed by atoms with Crippen LogP contribution in [-0.4, -0.2) is 25.8 Å². The highest BCUT2D eigenvalue weighted by Gasteiger charge is 2.26. The molecule has 0 atom stereocenters. The lowest BCUT2D eigenvalue weighted by atomic mass is 10.2. The zero-order chi connectivity index (χ0) is 13.9. The number of anilines is 1.